The summed E-state index contributed by atoms with van der Waals surface area (Å²) in [6.07, 6.45) is 3.35. The van der Waals surface area contributed by atoms with E-state index in [-0.39, 0.29) is 13.2 Å². The van der Waals surface area contributed by atoms with Gasteiger partial charge in [0, 0.05) is 24.5 Å². The molecule has 0 amide bonds. The van der Waals surface area contributed by atoms with Crippen LogP contribution < -0.4 is 16.0 Å². The molecule has 0 bridgehead atoms. The average Bonchev–Trinajstić information content (AvgIpc) is 2.73. The molecule has 0 fully saturated rings. The number of allylic oxidation sites excluding steroid dienone is 2. The van der Waals surface area contributed by atoms with E-state index >= 15 is 0 Å². The highest BCUT2D eigenvalue weighted by atomic mass is 16.3. The van der Waals surface area contributed by atoms with Crippen LogP contribution in [0.2, 0.25) is 0 Å². The molecular formula is C22H25N5O2. The van der Waals surface area contributed by atoms with Gasteiger partial charge in [-0.2, -0.15) is 0 Å². The zero-order valence-electron chi connectivity index (χ0n) is 16.0. The van der Waals surface area contributed by atoms with Crippen LogP contribution in [0.25, 0.3) is 0 Å². The first-order valence-corrected chi connectivity index (χ1v) is 9.36. The van der Waals surface area contributed by atoms with Gasteiger partial charge in [0.15, 0.2) is 0 Å². The van der Waals surface area contributed by atoms with Crippen LogP contribution in [0.3, 0.4) is 0 Å². The lowest BCUT2D eigenvalue weighted by molar-refractivity contribution is 0.281. The van der Waals surface area contributed by atoms with E-state index in [0.717, 1.165) is 17.1 Å². The Morgan fingerprint density at radius 2 is 1.59 bits per heavy atom. The average molecular weight is 391 g/mol. The van der Waals surface area contributed by atoms with Crippen LogP contribution in [0.1, 0.15) is 0 Å². The van der Waals surface area contributed by atoms with Gasteiger partial charge in [0.25, 0.3) is 0 Å². The topological polar surface area (TPSA) is 118 Å². The molecule has 0 radical (unpaired) electrons. The van der Waals surface area contributed by atoms with E-state index in [4.69, 9.17) is 11.1 Å². The molecule has 0 aromatic heterocycles. The highest BCUT2D eigenvalue weighted by molar-refractivity contribution is 6.23. The predicted octanol–water partition coefficient (Wildman–Crippen LogP) is 2.42. The van der Waals surface area contributed by atoms with E-state index in [0.29, 0.717) is 35.9 Å². The highest BCUT2D eigenvalue weighted by Crippen LogP contribution is 2.22. The van der Waals surface area contributed by atoms with Gasteiger partial charge in [-0.05, 0) is 48.6 Å². The van der Waals surface area contributed by atoms with Crippen LogP contribution in [-0.4, -0.2) is 47.9 Å². The van der Waals surface area contributed by atoms with Crippen molar-refractivity contribution in [2.45, 2.75) is 0 Å². The first-order chi connectivity index (χ1) is 14.1. The molecule has 1 aliphatic carbocycles. The van der Waals surface area contributed by atoms with Crippen molar-refractivity contribution in [3.8, 4) is 0 Å². The third-order valence-electron chi connectivity index (χ3n) is 4.42. The fourth-order valence-electron chi connectivity index (χ4n) is 2.97. The summed E-state index contributed by atoms with van der Waals surface area (Å²) in [6.45, 7) is 0.922. The molecule has 2 aromatic carbocycles. The van der Waals surface area contributed by atoms with Crippen molar-refractivity contribution in [3.63, 3.8) is 0 Å². The molecule has 0 saturated carbocycles. The van der Waals surface area contributed by atoms with Crippen molar-refractivity contribution >= 4 is 28.5 Å². The first-order valence-electron chi connectivity index (χ1n) is 9.36. The largest absolute Gasteiger partial charge is 0.397 e. The second-order valence-corrected chi connectivity index (χ2v) is 6.51. The summed E-state index contributed by atoms with van der Waals surface area (Å²) < 4.78 is 0. The Balaban J connectivity index is 1.82. The Bertz CT molecular complexity index is 927. The van der Waals surface area contributed by atoms with Crippen molar-refractivity contribution in [2.24, 2.45) is 10.7 Å². The fraction of sp³-hybridized carbons (Fsp3) is 0.182. The Hall–Kier alpha value is -3.42. The summed E-state index contributed by atoms with van der Waals surface area (Å²) in [7, 11) is 0. The molecule has 0 spiro atoms. The second kappa shape index (κ2) is 9.68. The molecule has 6 N–H and O–H groups in total. The zero-order chi connectivity index (χ0) is 20.6. The summed E-state index contributed by atoms with van der Waals surface area (Å²) in [4.78, 5) is 6.51. The van der Waals surface area contributed by atoms with Gasteiger partial charge in [0.05, 0.1) is 41.7 Å². The summed E-state index contributed by atoms with van der Waals surface area (Å²) >= 11 is 0. The van der Waals surface area contributed by atoms with Crippen LogP contribution in [0.15, 0.2) is 83.1 Å². The van der Waals surface area contributed by atoms with Crippen molar-refractivity contribution in [1.29, 1.82) is 5.41 Å². The predicted molar refractivity (Wildman–Crippen MR) is 118 cm³/mol. The van der Waals surface area contributed by atoms with Gasteiger partial charge in [-0.3, -0.25) is 5.41 Å². The number of hydrogen-bond donors (Lipinski definition) is 5. The van der Waals surface area contributed by atoms with E-state index in [2.05, 4.69) is 10.3 Å². The molecule has 150 valence electrons. The number of rotatable bonds is 8. The standard InChI is InChI=1S/C22H25N5O2/c23-19-14-20(24)22(15-21(19)25-16-4-2-1-3-5-16)26-17-6-8-18(9-7-17)27(10-12-28)11-13-29/h1-9,14-15,23,25,28-29H,10-13,24H2/b23-19?,26-22-. The maximum Gasteiger partial charge on any atom is 0.0888 e. The van der Waals surface area contributed by atoms with Crippen LogP contribution in [0.4, 0.5) is 17.1 Å². The fourth-order valence-corrected chi connectivity index (χ4v) is 2.97. The molecule has 0 aliphatic heterocycles. The van der Waals surface area contributed by atoms with Crippen LogP contribution in [-0.2, 0) is 0 Å². The Labute approximate surface area is 170 Å². The van der Waals surface area contributed by atoms with E-state index in [1.807, 2.05) is 59.5 Å². The SMILES string of the molecule is N=C1C=C(N)/C(=N\c2ccc(N(CCO)CCO)cc2)C=C1Nc1ccccc1. The first kappa shape index (κ1) is 20.3. The second-order valence-electron chi connectivity index (χ2n) is 6.51. The number of hydrogen-bond acceptors (Lipinski definition) is 7. The normalized spacial score (nSPS) is 15.1. The monoisotopic (exact) mass is 391 g/mol. The summed E-state index contributed by atoms with van der Waals surface area (Å²) in [5.74, 6) is 0. The quantitative estimate of drug-likeness (QED) is 0.443. The maximum atomic E-state index is 9.18. The van der Waals surface area contributed by atoms with Crippen LogP contribution >= 0.6 is 0 Å². The number of nitrogens with zero attached hydrogens (tertiary/aromatic N) is 2. The molecule has 0 atom stereocenters. The van der Waals surface area contributed by atoms with E-state index < -0.39 is 0 Å². The number of aliphatic hydroxyl groups is 2. The molecule has 0 saturated heterocycles. The van der Waals surface area contributed by atoms with Gasteiger partial charge in [0.2, 0.25) is 0 Å². The number of nitrogens with two attached hydrogens (primary N) is 1. The molecule has 29 heavy (non-hydrogen) atoms. The molecule has 0 unspecified atom stereocenters. The van der Waals surface area contributed by atoms with Crippen LogP contribution in [0, 0.1) is 5.41 Å². The summed E-state index contributed by atoms with van der Waals surface area (Å²) in [5, 5.41) is 29.7. The lowest BCUT2D eigenvalue weighted by Gasteiger charge is -2.23. The molecular weight excluding hydrogens is 366 g/mol. The van der Waals surface area contributed by atoms with Crippen molar-refractivity contribution in [3.05, 3.63) is 78.1 Å². The third-order valence-corrected chi connectivity index (χ3v) is 4.42. The van der Waals surface area contributed by atoms with Crippen molar-refractivity contribution in [2.75, 3.05) is 36.5 Å². The molecule has 7 nitrogen and oxygen atoms in total. The van der Waals surface area contributed by atoms with E-state index in [1.165, 1.54) is 0 Å². The van der Waals surface area contributed by atoms with Crippen molar-refractivity contribution < 1.29 is 10.2 Å². The number of benzene rings is 2. The Morgan fingerprint density at radius 3 is 2.21 bits per heavy atom. The van der Waals surface area contributed by atoms with Gasteiger partial charge in [-0.1, -0.05) is 18.2 Å². The summed E-state index contributed by atoms with van der Waals surface area (Å²) in [6, 6.07) is 17.1. The lowest BCUT2D eigenvalue weighted by Crippen LogP contribution is -2.29. The zero-order valence-corrected chi connectivity index (χ0v) is 16.0. The maximum absolute atomic E-state index is 9.18. The molecule has 3 rings (SSSR count). The van der Waals surface area contributed by atoms with Gasteiger partial charge in [-0.15, -0.1) is 0 Å². The number of nitrogens with one attached hydrogen (secondary N) is 2. The third kappa shape index (κ3) is 5.31. The smallest absolute Gasteiger partial charge is 0.0888 e. The van der Waals surface area contributed by atoms with Gasteiger partial charge >= 0.3 is 0 Å². The van der Waals surface area contributed by atoms with Gasteiger partial charge < -0.3 is 26.2 Å². The number of aliphatic imine (C=N–C) groups is 1. The van der Waals surface area contributed by atoms with Crippen LogP contribution in [0.5, 0.6) is 0 Å². The Morgan fingerprint density at radius 1 is 0.931 bits per heavy atom. The van der Waals surface area contributed by atoms with E-state index in [9.17, 15) is 10.2 Å². The minimum absolute atomic E-state index is 0.0132. The molecule has 0 heterocycles. The van der Waals surface area contributed by atoms with Gasteiger partial charge in [-0.25, -0.2) is 4.99 Å². The number of anilines is 2. The number of aliphatic hydroxyl groups excluding tert-OH is 2. The molecule has 1 aliphatic rings. The lowest BCUT2D eigenvalue weighted by atomic mass is 10.0. The van der Waals surface area contributed by atoms with E-state index in [1.54, 1.807) is 12.2 Å². The minimum Gasteiger partial charge on any atom is -0.397 e. The number of para-hydroxylation sites is 1. The minimum atomic E-state index is 0.0132. The Kier molecular flexibility index (Phi) is 6.78. The molecule has 2 aromatic rings. The highest BCUT2D eigenvalue weighted by Gasteiger charge is 2.15. The summed E-state index contributed by atoms with van der Waals surface area (Å²) in [5.41, 5.74) is 10.5. The van der Waals surface area contributed by atoms with Crippen molar-refractivity contribution in [1.82, 2.24) is 0 Å². The van der Waals surface area contributed by atoms with Gasteiger partial charge in [0.1, 0.15) is 0 Å². The molecule has 7 heteroatoms.